The van der Waals surface area contributed by atoms with E-state index >= 15 is 0 Å². The van der Waals surface area contributed by atoms with Gasteiger partial charge in [-0.1, -0.05) is 40.5 Å². The van der Waals surface area contributed by atoms with E-state index < -0.39 is 13.4 Å². The Hall–Kier alpha value is -0.0956. The molecule has 8 nitrogen and oxygen atoms in total. The third-order valence-corrected chi connectivity index (χ3v) is 9.43. The van der Waals surface area contributed by atoms with Crippen LogP contribution in [0.3, 0.4) is 0 Å². The van der Waals surface area contributed by atoms with E-state index in [9.17, 15) is 4.57 Å². The van der Waals surface area contributed by atoms with Crippen molar-refractivity contribution in [1.82, 2.24) is 0 Å². The number of ether oxygens (including phenoxy) is 1. The van der Waals surface area contributed by atoms with E-state index in [1.165, 1.54) is 0 Å². The Labute approximate surface area is 209 Å². The minimum Gasteiger partial charge on any atom is -0.0651 e. The third kappa shape index (κ3) is 9.13. The zero-order valence-electron chi connectivity index (χ0n) is 21.4. The van der Waals surface area contributed by atoms with Crippen LogP contribution in [0.5, 0.6) is 0 Å². The van der Waals surface area contributed by atoms with Crippen LogP contribution in [-0.4, -0.2) is 38.1 Å². The molecule has 33 heavy (non-hydrogen) atoms. The van der Waals surface area contributed by atoms with E-state index in [1.807, 2.05) is 30.2 Å². The van der Waals surface area contributed by atoms with Crippen LogP contribution in [0.25, 0.3) is 0 Å². The molecule has 0 spiro atoms. The van der Waals surface area contributed by atoms with Gasteiger partial charge in [0, 0.05) is 0 Å². The van der Waals surface area contributed by atoms with Crippen LogP contribution in [0.1, 0.15) is 74.1 Å². The summed E-state index contributed by atoms with van der Waals surface area (Å²) in [6.45, 7) is 16.0. The van der Waals surface area contributed by atoms with Crippen molar-refractivity contribution in [2.45, 2.75) is 85.9 Å². The fourth-order valence-electron chi connectivity index (χ4n) is 4.31. The first kappa shape index (κ1) is 30.9. The fourth-order valence-corrected chi connectivity index (χ4v) is 6.10. The summed E-state index contributed by atoms with van der Waals surface area (Å²) >= 11 is 2.01. The van der Waals surface area contributed by atoms with Crippen molar-refractivity contribution in [2.75, 3.05) is 26.4 Å². The molecule has 0 saturated carbocycles. The minimum atomic E-state index is -3.96. The van der Waals surface area contributed by atoms with Gasteiger partial charge in [-0.2, -0.15) is 5.26 Å². The second-order valence-electron chi connectivity index (χ2n) is 9.44. The van der Waals surface area contributed by atoms with Gasteiger partial charge in [0.25, 0.3) is 0 Å². The number of phosphoric ester groups is 1. The molecule has 0 aliphatic carbocycles. The zero-order chi connectivity index (χ0) is 25.1. The molecule has 1 rings (SSSR count). The van der Waals surface area contributed by atoms with Crippen molar-refractivity contribution in [2.24, 2.45) is 33.5 Å². The van der Waals surface area contributed by atoms with E-state index in [-0.39, 0.29) is 43.5 Å². The van der Waals surface area contributed by atoms with E-state index in [1.54, 1.807) is 0 Å². The average molecular weight is 526 g/mol. The van der Waals surface area contributed by atoms with Crippen molar-refractivity contribution in [3.63, 3.8) is 0 Å². The molecule has 0 aromatic carbocycles. The van der Waals surface area contributed by atoms with Crippen LogP contribution in [0, 0.1) is 40.9 Å². The Balaban J connectivity index is 3.14. The summed E-state index contributed by atoms with van der Waals surface area (Å²) in [5.74, 6) is 0.928. The summed E-state index contributed by atoms with van der Waals surface area (Å²) in [5, 5.41) is 8.96. The summed E-state index contributed by atoms with van der Waals surface area (Å²) in [6, 6.07) is 2.03. The molecule has 1 heterocycles. The molecule has 1 saturated heterocycles. The molecule has 0 radical (unpaired) electrons. The molecular formula is C23H43N2O6PV. The number of rotatable bonds is 17. The van der Waals surface area contributed by atoms with E-state index in [2.05, 4.69) is 45.5 Å². The van der Waals surface area contributed by atoms with Crippen LogP contribution in [0.2, 0.25) is 0 Å². The number of phosphoric acid groups is 1. The minimum absolute atomic E-state index is 0.0130. The fraction of sp³-hybridized carbons (Fsp3) is 0.957. The van der Waals surface area contributed by atoms with Crippen molar-refractivity contribution >= 4 is 7.82 Å². The standard InChI is InChI=1S/C23H43N2O6P.V/c1-8-17(3)19(5)23(7,20(6)18(4)9-2)31-32(26,29-13-10-12-24)30-15-21-11-14-27-22(21)16-28-25;/h17-22H,8-11,13-16H2,1-7H3;. The van der Waals surface area contributed by atoms with Gasteiger partial charge < -0.3 is 0 Å². The van der Waals surface area contributed by atoms with Crippen molar-refractivity contribution in [3.8, 4) is 6.07 Å². The molecule has 0 aromatic heterocycles. The molecule has 0 N–H and O–H groups in total. The molecule has 0 bridgehead atoms. The Morgan fingerprint density at radius 2 is 1.76 bits per heavy atom. The van der Waals surface area contributed by atoms with Gasteiger partial charge in [-0.15, -0.1) is 0 Å². The third-order valence-electron chi connectivity index (χ3n) is 7.66. The van der Waals surface area contributed by atoms with Crippen LogP contribution in [-0.2, 0) is 44.9 Å². The van der Waals surface area contributed by atoms with Crippen molar-refractivity contribution < 1.29 is 44.9 Å². The molecule has 0 aromatic rings. The Morgan fingerprint density at radius 3 is 2.27 bits per heavy atom. The summed E-state index contributed by atoms with van der Waals surface area (Å²) in [7, 11) is -3.96. The van der Waals surface area contributed by atoms with Gasteiger partial charge in [0.05, 0.1) is 0 Å². The Kier molecular flexibility index (Phi) is 14.2. The molecule has 10 heteroatoms. The predicted molar refractivity (Wildman–Crippen MR) is 123 cm³/mol. The maximum absolute atomic E-state index is 13.9. The van der Waals surface area contributed by atoms with Gasteiger partial charge in [-0.25, -0.2) is 0 Å². The average Bonchev–Trinajstić information content (AvgIpc) is 3.26. The Morgan fingerprint density at radius 1 is 1.15 bits per heavy atom. The molecule has 7 atom stereocenters. The molecule has 0 amide bonds. The van der Waals surface area contributed by atoms with E-state index in [0.717, 1.165) is 19.3 Å². The van der Waals surface area contributed by atoms with E-state index in [4.69, 9.17) is 28.4 Å². The van der Waals surface area contributed by atoms with Gasteiger partial charge in [0.1, 0.15) is 0 Å². The Bertz CT molecular complexity index is 660. The number of hydrogen-bond acceptors (Lipinski definition) is 8. The van der Waals surface area contributed by atoms with Gasteiger partial charge in [-0.3, -0.25) is 0 Å². The first-order valence-electron chi connectivity index (χ1n) is 12.1. The normalized spacial score (nSPS) is 25.8. The van der Waals surface area contributed by atoms with Crippen molar-refractivity contribution in [3.05, 3.63) is 0 Å². The molecule has 1 aliphatic heterocycles. The molecular weight excluding hydrogens is 482 g/mol. The molecule has 1 fully saturated rings. The van der Waals surface area contributed by atoms with Gasteiger partial charge in [0.2, 0.25) is 0 Å². The van der Waals surface area contributed by atoms with Gasteiger partial charge in [0.15, 0.2) is 0 Å². The van der Waals surface area contributed by atoms with Crippen LogP contribution >= 0.6 is 7.82 Å². The van der Waals surface area contributed by atoms with Crippen molar-refractivity contribution in [1.29, 1.82) is 5.26 Å². The second kappa shape index (κ2) is 15.1. The van der Waals surface area contributed by atoms with Crippen LogP contribution in [0.15, 0.2) is 3.95 Å². The monoisotopic (exact) mass is 525 g/mol. The van der Waals surface area contributed by atoms with E-state index in [0.29, 0.717) is 25.0 Å². The first-order chi connectivity index (χ1) is 15.6. The number of nitriles is 1. The SMILES string of the molecule is CCC(C)C(C)C(C)(OP(=O)(OCCC#N)OCC1CCOC1CO[N]=[V])C(C)C(C)CC. The predicted octanol–water partition coefficient (Wildman–Crippen LogP) is 6.25. The second-order valence-corrected chi connectivity index (χ2v) is 11.3. The van der Waals surface area contributed by atoms with Gasteiger partial charge >= 0.3 is 164 Å². The topological polar surface area (TPSA) is 99.4 Å². The summed E-state index contributed by atoms with van der Waals surface area (Å²) in [4.78, 5) is 5.13. The zero-order valence-corrected chi connectivity index (χ0v) is 23.7. The van der Waals surface area contributed by atoms with Crippen LogP contribution < -0.4 is 0 Å². The summed E-state index contributed by atoms with van der Waals surface area (Å²) in [6.07, 6.45) is 2.63. The summed E-state index contributed by atoms with van der Waals surface area (Å²) < 4.78 is 41.3. The smallest absolute Gasteiger partial charge is 0.0651 e. The number of hydrogen-bond donors (Lipinski definition) is 0. The molecule has 7 unspecified atom stereocenters. The maximum atomic E-state index is 13.9. The first-order valence-corrected chi connectivity index (χ1v) is 14.2. The quantitative estimate of drug-likeness (QED) is 0.126. The molecule has 191 valence electrons. The summed E-state index contributed by atoms with van der Waals surface area (Å²) in [5.41, 5.74) is -0.735. The van der Waals surface area contributed by atoms with Gasteiger partial charge in [-0.05, 0) is 0 Å². The number of nitrogens with zero attached hydrogens (tertiary/aromatic N) is 2. The molecule has 1 aliphatic rings. The van der Waals surface area contributed by atoms with Crippen LogP contribution in [0.4, 0.5) is 0 Å².